The van der Waals surface area contributed by atoms with E-state index in [2.05, 4.69) is 17.4 Å². The molecule has 0 radical (unpaired) electrons. The maximum atomic E-state index is 11.6. The highest BCUT2D eigenvalue weighted by molar-refractivity contribution is 8.01. The van der Waals surface area contributed by atoms with Crippen LogP contribution < -0.4 is 10.4 Å². The molecule has 0 aromatic heterocycles. The Kier molecular flexibility index (Phi) is 7.15. The lowest BCUT2D eigenvalue weighted by atomic mass is 10.1. The molecule has 0 bridgehead atoms. The van der Waals surface area contributed by atoms with Gasteiger partial charge >= 0.3 is 0 Å². The summed E-state index contributed by atoms with van der Waals surface area (Å²) in [6.07, 6.45) is 1.77. The largest absolute Gasteiger partial charge is 0.549 e. The lowest BCUT2D eigenvalue weighted by molar-refractivity contribution is -0.304. The second kappa shape index (κ2) is 8.64. The second-order valence-corrected chi connectivity index (χ2v) is 6.09. The second-order valence-electron chi connectivity index (χ2n) is 4.77. The SMILES string of the molecule is C[C@H](CCc1ccccc1)NC(=O)CS[C@@H](C)C(=O)[O-]. The molecule has 0 unspecified atom stereocenters. The van der Waals surface area contributed by atoms with Crippen molar-refractivity contribution in [2.75, 3.05) is 5.75 Å². The van der Waals surface area contributed by atoms with E-state index in [-0.39, 0.29) is 17.7 Å². The van der Waals surface area contributed by atoms with Crippen LogP contribution in [0.25, 0.3) is 0 Å². The van der Waals surface area contributed by atoms with E-state index < -0.39 is 11.2 Å². The van der Waals surface area contributed by atoms with Crippen molar-refractivity contribution in [2.24, 2.45) is 0 Å². The van der Waals surface area contributed by atoms with Gasteiger partial charge in [0.1, 0.15) is 0 Å². The Balaban J connectivity index is 2.23. The lowest BCUT2D eigenvalue weighted by Gasteiger charge is -2.15. The van der Waals surface area contributed by atoms with Gasteiger partial charge in [0.05, 0.1) is 11.7 Å². The van der Waals surface area contributed by atoms with Crippen molar-refractivity contribution in [1.82, 2.24) is 5.32 Å². The van der Waals surface area contributed by atoms with Crippen molar-refractivity contribution in [3.63, 3.8) is 0 Å². The van der Waals surface area contributed by atoms with Gasteiger partial charge in [0.25, 0.3) is 0 Å². The predicted octanol–water partition coefficient (Wildman–Crippen LogP) is 0.996. The number of hydrogen-bond donors (Lipinski definition) is 1. The molecule has 110 valence electrons. The molecule has 0 aliphatic carbocycles. The number of hydrogen-bond acceptors (Lipinski definition) is 4. The van der Waals surface area contributed by atoms with Crippen molar-refractivity contribution in [2.45, 2.75) is 38.0 Å². The standard InChI is InChI=1S/C15H21NO3S/c1-11(8-9-13-6-4-3-5-7-13)16-14(17)10-20-12(2)15(18)19/h3-7,11-12H,8-10H2,1-2H3,(H,16,17)(H,18,19)/p-1/t11-,12+/m1/s1. The maximum absolute atomic E-state index is 11.6. The maximum Gasteiger partial charge on any atom is 0.230 e. The van der Waals surface area contributed by atoms with Crippen molar-refractivity contribution in [1.29, 1.82) is 0 Å². The van der Waals surface area contributed by atoms with Gasteiger partial charge in [-0.3, -0.25) is 4.79 Å². The highest BCUT2D eigenvalue weighted by Gasteiger charge is 2.10. The fourth-order valence-corrected chi connectivity index (χ4v) is 2.31. The van der Waals surface area contributed by atoms with Gasteiger partial charge in [-0.2, -0.15) is 0 Å². The van der Waals surface area contributed by atoms with Crippen molar-refractivity contribution < 1.29 is 14.7 Å². The average molecular weight is 294 g/mol. The van der Waals surface area contributed by atoms with Gasteiger partial charge in [-0.1, -0.05) is 30.3 Å². The summed E-state index contributed by atoms with van der Waals surface area (Å²) in [5.74, 6) is -1.13. The summed E-state index contributed by atoms with van der Waals surface area (Å²) in [5, 5.41) is 12.7. The number of aliphatic carboxylic acids is 1. The third-order valence-corrected chi connectivity index (χ3v) is 4.03. The molecule has 1 rings (SSSR count). The first-order chi connectivity index (χ1) is 9.49. The fraction of sp³-hybridized carbons (Fsp3) is 0.467. The van der Waals surface area contributed by atoms with Crippen LogP contribution in [-0.4, -0.2) is 28.9 Å². The number of carboxylic acids is 1. The van der Waals surface area contributed by atoms with Crippen LogP contribution in [0.2, 0.25) is 0 Å². The number of carbonyl (C=O) groups is 2. The molecule has 0 aliphatic rings. The van der Waals surface area contributed by atoms with E-state index in [9.17, 15) is 14.7 Å². The third-order valence-electron chi connectivity index (χ3n) is 2.91. The molecule has 0 spiro atoms. The van der Waals surface area contributed by atoms with Gasteiger partial charge in [0, 0.05) is 11.3 Å². The van der Waals surface area contributed by atoms with Crippen LogP contribution in [-0.2, 0) is 16.0 Å². The van der Waals surface area contributed by atoms with Crippen LogP contribution in [0.5, 0.6) is 0 Å². The Morgan fingerprint density at radius 3 is 2.50 bits per heavy atom. The van der Waals surface area contributed by atoms with E-state index in [0.29, 0.717) is 0 Å². The van der Waals surface area contributed by atoms with Crippen molar-refractivity contribution >= 4 is 23.6 Å². The number of carboxylic acid groups (broad SMARTS) is 1. The van der Waals surface area contributed by atoms with Gasteiger partial charge < -0.3 is 15.2 Å². The van der Waals surface area contributed by atoms with Crippen LogP contribution in [0.4, 0.5) is 0 Å². The first-order valence-electron chi connectivity index (χ1n) is 6.64. The first kappa shape index (κ1) is 16.6. The van der Waals surface area contributed by atoms with Crippen molar-refractivity contribution in [3.8, 4) is 0 Å². The van der Waals surface area contributed by atoms with Gasteiger partial charge in [-0.15, -0.1) is 11.8 Å². The number of thioether (sulfide) groups is 1. The van der Waals surface area contributed by atoms with E-state index in [4.69, 9.17) is 0 Å². The Morgan fingerprint density at radius 2 is 1.90 bits per heavy atom. The highest BCUT2D eigenvalue weighted by atomic mass is 32.2. The molecule has 1 aromatic carbocycles. The minimum Gasteiger partial charge on any atom is -0.549 e. The zero-order valence-electron chi connectivity index (χ0n) is 11.8. The molecule has 5 heteroatoms. The smallest absolute Gasteiger partial charge is 0.230 e. The zero-order chi connectivity index (χ0) is 15.0. The first-order valence-corrected chi connectivity index (χ1v) is 7.69. The molecule has 0 aliphatic heterocycles. The molecule has 1 aromatic rings. The highest BCUT2D eigenvalue weighted by Crippen LogP contribution is 2.09. The lowest BCUT2D eigenvalue weighted by Crippen LogP contribution is -2.36. The molecule has 0 saturated carbocycles. The third kappa shape index (κ3) is 6.61. The molecule has 1 amide bonds. The molecule has 2 atom stereocenters. The molecule has 4 nitrogen and oxygen atoms in total. The summed E-state index contributed by atoms with van der Waals surface area (Å²) < 4.78 is 0. The molecule has 0 saturated heterocycles. The summed E-state index contributed by atoms with van der Waals surface area (Å²) >= 11 is 1.07. The number of carbonyl (C=O) groups excluding carboxylic acids is 2. The number of rotatable bonds is 8. The van der Waals surface area contributed by atoms with Crippen LogP contribution >= 0.6 is 11.8 Å². The quantitative estimate of drug-likeness (QED) is 0.776. The van der Waals surface area contributed by atoms with Gasteiger partial charge in [0.15, 0.2) is 0 Å². The van der Waals surface area contributed by atoms with Crippen LogP contribution in [0, 0.1) is 0 Å². The number of nitrogens with one attached hydrogen (secondary N) is 1. The van der Waals surface area contributed by atoms with Crippen molar-refractivity contribution in [3.05, 3.63) is 35.9 Å². The van der Waals surface area contributed by atoms with Gasteiger partial charge in [0.2, 0.25) is 5.91 Å². The molecule has 0 heterocycles. The van der Waals surface area contributed by atoms with Crippen LogP contribution in [0.1, 0.15) is 25.8 Å². The van der Waals surface area contributed by atoms with E-state index >= 15 is 0 Å². The molecule has 1 N–H and O–H groups in total. The summed E-state index contributed by atoms with van der Waals surface area (Å²) in [6.45, 7) is 3.47. The number of aryl methyl sites for hydroxylation is 1. The van der Waals surface area contributed by atoms with E-state index in [1.54, 1.807) is 0 Å². The molecular weight excluding hydrogens is 274 g/mol. The Morgan fingerprint density at radius 1 is 1.25 bits per heavy atom. The predicted molar refractivity (Wildman–Crippen MR) is 79.3 cm³/mol. The average Bonchev–Trinajstić information content (AvgIpc) is 2.43. The zero-order valence-corrected chi connectivity index (χ0v) is 12.6. The fourth-order valence-electron chi connectivity index (χ4n) is 1.69. The van der Waals surface area contributed by atoms with Gasteiger partial charge in [-0.05, 0) is 32.3 Å². The molecular formula is C15H20NO3S-. The summed E-state index contributed by atoms with van der Waals surface area (Å²) in [7, 11) is 0. The minimum absolute atomic E-state index is 0.0709. The topological polar surface area (TPSA) is 69.2 Å². The van der Waals surface area contributed by atoms with Gasteiger partial charge in [-0.25, -0.2) is 0 Å². The Bertz CT molecular complexity index is 436. The van der Waals surface area contributed by atoms with Crippen LogP contribution in [0.15, 0.2) is 30.3 Å². The van der Waals surface area contributed by atoms with Crippen LogP contribution in [0.3, 0.4) is 0 Å². The van der Waals surface area contributed by atoms with E-state index in [0.717, 1.165) is 24.6 Å². The number of amides is 1. The van der Waals surface area contributed by atoms with E-state index in [1.165, 1.54) is 12.5 Å². The Hall–Kier alpha value is -1.49. The molecule has 0 fully saturated rings. The number of benzene rings is 1. The molecule has 20 heavy (non-hydrogen) atoms. The summed E-state index contributed by atoms with van der Waals surface area (Å²) in [4.78, 5) is 22.2. The van der Waals surface area contributed by atoms with E-state index in [1.807, 2.05) is 25.1 Å². The Labute approximate surface area is 124 Å². The monoisotopic (exact) mass is 294 g/mol. The normalized spacial score (nSPS) is 13.5. The summed E-state index contributed by atoms with van der Waals surface area (Å²) in [5.41, 5.74) is 1.24. The summed E-state index contributed by atoms with van der Waals surface area (Å²) in [6, 6.07) is 10.2. The minimum atomic E-state index is -1.14.